The van der Waals surface area contributed by atoms with Crippen LogP contribution >= 0.6 is 0 Å². The van der Waals surface area contributed by atoms with Crippen LogP contribution in [0.2, 0.25) is 0 Å². The van der Waals surface area contributed by atoms with E-state index < -0.39 is 25.8 Å². The lowest BCUT2D eigenvalue weighted by molar-refractivity contribution is -0.111. The first kappa shape index (κ1) is 49.4. The summed E-state index contributed by atoms with van der Waals surface area (Å²) in [5.74, 6) is -1.17. The van der Waals surface area contributed by atoms with E-state index in [1.807, 2.05) is 134 Å². The Kier molecular flexibility index (Phi) is 15.7. The average Bonchev–Trinajstić information content (AvgIpc) is 3.31. The van der Waals surface area contributed by atoms with E-state index in [9.17, 15) is 26.7 Å². The van der Waals surface area contributed by atoms with Crippen molar-refractivity contribution in [1.82, 2.24) is 9.30 Å². The number of rotatable bonds is 20. The zero-order valence-corrected chi connectivity index (χ0v) is 41.6. The first-order chi connectivity index (χ1) is 32.6. The van der Waals surface area contributed by atoms with Crippen molar-refractivity contribution in [3.63, 3.8) is 0 Å². The van der Waals surface area contributed by atoms with E-state index in [4.69, 9.17) is 0 Å². The van der Waals surface area contributed by atoms with Gasteiger partial charge in [0.15, 0.2) is 0 Å². The topological polar surface area (TPSA) is 136 Å². The molecular weight excluding hydrogens is 889 g/mol. The van der Waals surface area contributed by atoms with Crippen molar-refractivity contribution < 1.29 is 26.7 Å². The summed E-state index contributed by atoms with van der Waals surface area (Å²) in [6.45, 7) is 12.2. The minimum absolute atomic E-state index is 0.0779. The molecule has 0 saturated heterocycles. The van der Waals surface area contributed by atoms with Crippen LogP contribution in [0.4, 0.5) is 34.1 Å². The van der Waals surface area contributed by atoms with E-state index in [1.165, 1.54) is 0 Å². The molecule has 0 spiro atoms. The molecule has 0 saturated carbocycles. The summed E-state index contributed by atoms with van der Waals surface area (Å²) in [6.07, 6.45) is 11.3. The van der Waals surface area contributed by atoms with E-state index in [0.717, 1.165) is 83.5 Å². The standard InChI is InChI=1S/C56H62N4O6S2/c1-7-9-11-13-35-67(63,64)57-51-37-47(59(43-23-15-39(3)16-24-43)44-25-17-40(4)18-26-44)31-33-49(51)53-55(61)54(56(53)62)50-34-32-48(38-52(50)58-68(65,66)36-14-12-10-8-2)60(45-27-19-41(5)20-28-45)46-29-21-42(6)22-30-46/h15-34,37-38H,7-14,35-36H2,1-6H3,(H2,57,58,61,62)/p+1. The van der Waals surface area contributed by atoms with E-state index in [2.05, 4.69) is 23.3 Å². The van der Waals surface area contributed by atoms with Gasteiger partial charge in [0.1, 0.15) is 5.76 Å². The van der Waals surface area contributed by atoms with Crippen molar-refractivity contribution in [2.75, 3.05) is 21.1 Å². The van der Waals surface area contributed by atoms with Crippen molar-refractivity contribution in [2.45, 2.75) is 92.9 Å². The van der Waals surface area contributed by atoms with Crippen molar-refractivity contribution in [3.8, 4) is 0 Å². The third-order valence-corrected chi connectivity index (χ3v) is 14.9. The smallest absolute Gasteiger partial charge is 0.232 e. The highest BCUT2D eigenvalue weighted by molar-refractivity contribution is 7.92. The number of anilines is 4. The molecular formula is C56H63N4O6S2+. The Morgan fingerprint density at radius 3 is 1.47 bits per heavy atom. The van der Waals surface area contributed by atoms with E-state index in [-0.39, 0.29) is 50.9 Å². The molecule has 354 valence electrons. The van der Waals surface area contributed by atoms with Gasteiger partial charge < -0.3 is 10.0 Å². The third-order valence-electron chi connectivity index (χ3n) is 12.2. The lowest BCUT2D eigenvalue weighted by Gasteiger charge is -2.29. The van der Waals surface area contributed by atoms with Crippen LogP contribution in [0, 0.1) is 27.7 Å². The van der Waals surface area contributed by atoms with Crippen LogP contribution in [0.25, 0.3) is 5.57 Å². The van der Waals surface area contributed by atoms with Crippen LogP contribution in [0.5, 0.6) is 0 Å². The number of unbranched alkanes of at least 4 members (excludes halogenated alkanes) is 6. The van der Waals surface area contributed by atoms with Crippen LogP contribution in [-0.2, 0) is 24.8 Å². The number of aliphatic hydroxyl groups is 1. The number of nitrogens with zero attached hydrogens (tertiary/aromatic N) is 2. The maximum absolute atomic E-state index is 14.7. The Morgan fingerprint density at radius 1 is 0.544 bits per heavy atom. The molecule has 68 heavy (non-hydrogen) atoms. The fraction of sp³-hybridized carbons (Fsp3) is 0.286. The van der Waals surface area contributed by atoms with Gasteiger partial charge in [0.25, 0.3) is 0 Å². The molecule has 0 bridgehead atoms. The first-order valence-electron chi connectivity index (χ1n) is 23.6. The van der Waals surface area contributed by atoms with E-state index >= 15 is 0 Å². The van der Waals surface area contributed by atoms with Crippen molar-refractivity contribution in [2.24, 2.45) is 0 Å². The predicted molar refractivity (Wildman–Crippen MR) is 281 cm³/mol. The highest BCUT2D eigenvalue weighted by Gasteiger charge is 2.40. The fourth-order valence-corrected chi connectivity index (χ4v) is 10.8. The van der Waals surface area contributed by atoms with Crippen LogP contribution in [0.15, 0.2) is 156 Å². The number of hydrogen-bond acceptors (Lipinski definition) is 7. The van der Waals surface area contributed by atoms with E-state index in [1.54, 1.807) is 36.4 Å². The summed E-state index contributed by atoms with van der Waals surface area (Å²) in [5, 5.41) is 12.1. The zero-order chi connectivity index (χ0) is 48.6. The highest BCUT2D eigenvalue weighted by Crippen LogP contribution is 2.45. The third kappa shape index (κ3) is 11.8. The van der Waals surface area contributed by atoms with E-state index in [0.29, 0.717) is 24.2 Å². The highest BCUT2D eigenvalue weighted by atomic mass is 32.2. The van der Waals surface area contributed by atoms with Gasteiger partial charge in [-0.1, -0.05) is 123 Å². The van der Waals surface area contributed by atoms with Gasteiger partial charge in [0.05, 0.1) is 34.0 Å². The second-order valence-electron chi connectivity index (χ2n) is 17.9. The number of aliphatic hydroxyl groups excluding tert-OH is 1. The van der Waals surface area contributed by atoms with Crippen LogP contribution in [-0.4, -0.2) is 44.9 Å². The Balaban J connectivity index is 1.38. The normalized spacial score (nSPS) is 15.0. The maximum atomic E-state index is 14.7. The Morgan fingerprint density at radius 2 is 1.00 bits per heavy atom. The molecule has 0 radical (unpaired) electrons. The Labute approximate surface area is 403 Å². The molecule has 0 atom stereocenters. The van der Waals surface area contributed by atoms with Crippen LogP contribution in [0.1, 0.15) is 93.0 Å². The van der Waals surface area contributed by atoms with Crippen LogP contribution < -0.4 is 18.9 Å². The van der Waals surface area contributed by atoms with Gasteiger partial charge in [-0.2, -0.15) is 4.58 Å². The molecule has 2 aliphatic carbocycles. The summed E-state index contributed by atoms with van der Waals surface area (Å²) in [6, 6.07) is 37.2. The van der Waals surface area contributed by atoms with Crippen molar-refractivity contribution in [1.29, 1.82) is 0 Å². The van der Waals surface area contributed by atoms with Gasteiger partial charge in [0, 0.05) is 64.6 Å². The summed E-state index contributed by atoms with van der Waals surface area (Å²) < 4.78 is 63.0. The molecule has 10 nitrogen and oxygen atoms in total. The lowest BCUT2D eigenvalue weighted by atomic mass is 9.79. The molecule has 0 aliphatic heterocycles. The second-order valence-corrected chi connectivity index (χ2v) is 21.5. The number of allylic oxidation sites excluding steroid dienone is 5. The first-order valence-corrected chi connectivity index (χ1v) is 26.9. The maximum Gasteiger partial charge on any atom is 0.232 e. The monoisotopic (exact) mass is 951 g/mol. The molecule has 0 unspecified atom stereocenters. The number of aryl methyl sites for hydroxylation is 4. The largest absolute Gasteiger partial charge is 0.506 e. The molecule has 2 aliphatic rings. The summed E-state index contributed by atoms with van der Waals surface area (Å²) >= 11 is 0. The number of sulfonamides is 2. The van der Waals surface area contributed by atoms with Crippen LogP contribution in [0.3, 0.4) is 0 Å². The van der Waals surface area contributed by atoms with Gasteiger partial charge in [-0.15, -0.1) is 0 Å². The predicted octanol–water partition coefficient (Wildman–Crippen LogP) is 12.8. The van der Waals surface area contributed by atoms with Crippen molar-refractivity contribution >= 4 is 71.2 Å². The average molecular weight is 952 g/mol. The fourth-order valence-electron chi connectivity index (χ4n) is 8.39. The molecule has 0 amide bonds. The lowest BCUT2D eigenvalue weighted by Crippen LogP contribution is -2.32. The minimum Gasteiger partial charge on any atom is -0.506 e. The van der Waals surface area contributed by atoms with Crippen molar-refractivity contribution in [3.05, 3.63) is 184 Å². The molecule has 0 fully saturated rings. The number of carbonyl (C=O) groups is 1. The molecule has 0 heterocycles. The molecule has 0 aromatic heterocycles. The second kappa shape index (κ2) is 21.6. The quantitative estimate of drug-likeness (QED) is 0.0401. The molecule has 5 aromatic rings. The molecule has 12 heteroatoms. The Bertz CT molecular complexity index is 2950. The molecule has 3 N–H and O–H groups in total. The summed E-state index contributed by atoms with van der Waals surface area (Å²) in [7, 11) is -7.83. The number of ketones is 1. The number of benzene rings is 5. The number of nitrogens with one attached hydrogen (secondary N) is 2. The molecule has 7 rings (SSSR count). The van der Waals surface area contributed by atoms with Gasteiger partial charge in [-0.3, -0.25) is 14.2 Å². The molecule has 5 aromatic carbocycles. The zero-order valence-electron chi connectivity index (χ0n) is 40.0. The van der Waals surface area contributed by atoms with Gasteiger partial charge in [-0.05, 0) is 89.1 Å². The Hall–Kier alpha value is -6.50. The number of Topliss-reactive ketones (excluding diaryl/α,β-unsaturated/α-hetero) is 1. The SMILES string of the molecule is CCCCCCS(=O)(=O)NC1=CC(=[N+](c2ccc(C)cc2)c2ccc(C)cc2)C=CC1=C1C(=O)C(c2ccc(N(c3ccc(C)cc3)c3ccc(C)cc3)cc2NS(=O)(=O)CCCCCC)=C1O. The van der Waals surface area contributed by atoms with Gasteiger partial charge >= 0.3 is 0 Å². The summed E-state index contributed by atoms with van der Waals surface area (Å²) in [5.41, 5.74) is 9.42. The van der Waals surface area contributed by atoms with Gasteiger partial charge in [-0.25, -0.2) is 16.8 Å². The number of hydrogen-bond donors (Lipinski definition) is 3. The minimum atomic E-state index is -3.91. The summed E-state index contributed by atoms with van der Waals surface area (Å²) in [4.78, 5) is 16.7. The van der Waals surface area contributed by atoms with Gasteiger partial charge in [0.2, 0.25) is 42.9 Å². The number of carbonyl (C=O) groups excluding carboxylic acids is 1.